The quantitative estimate of drug-likeness (QED) is 0.859. The zero-order valence-electron chi connectivity index (χ0n) is 12.9. The molecule has 0 radical (unpaired) electrons. The lowest BCUT2D eigenvalue weighted by atomic mass is 9.60. The highest BCUT2D eigenvalue weighted by atomic mass is 16.5. The van der Waals surface area contributed by atoms with Gasteiger partial charge in [0.2, 0.25) is 5.78 Å². The summed E-state index contributed by atoms with van der Waals surface area (Å²) in [6, 6.07) is 6.26. The standard InChI is InChI=1S/C19H20O3/c1-19-8-7-14-13-6-4-12(22-2)9-11(13)3-5-15(14)16(19)10-17(20)18(19)21/h4,6-7,9-10,15-16,20H,3,5,8H2,1-2H3/t15-,16-,19+/m1/s1. The molecule has 0 amide bonds. The van der Waals surface area contributed by atoms with Crippen molar-refractivity contribution in [3.8, 4) is 5.75 Å². The number of aliphatic hydroxyl groups excluding tert-OH is 1. The van der Waals surface area contributed by atoms with Crippen LogP contribution in [0.15, 0.2) is 36.1 Å². The third kappa shape index (κ3) is 1.65. The van der Waals surface area contributed by atoms with E-state index in [1.54, 1.807) is 13.2 Å². The Balaban J connectivity index is 1.80. The Labute approximate surface area is 130 Å². The van der Waals surface area contributed by atoms with E-state index in [2.05, 4.69) is 18.2 Å². The third-order valence-corrected chi connectivity index (χ3v) is 5.75. The molecule has 0 fully saturated rings. The van der Waals surface area contributed by atoms with Crippen LogP contribution in [0.4, 0.5) is 0 Å². The predicted octanol–water partition coefficient (Wildman–Crippen LogP) is 3.69. The van der Waals surface area contributed by atoms with Crippen molar-refractivity contribution in [2.75, 3.05) is 7.11 Å². The van der Waals surface area contributed by atoms with Crippen molar-refractivity contribution in [2.24, 2.45) is 17.3 Å². The van der Waals surface area contributed by atoms with E-state index in [4.69, 9.17) is 4.74 Å². The second-order valence-electron chi connectivity index (χ2n) is 6.86. The molecule has 114 valence electrons. The number of rotatable bonds is 1. The molecule has 0 saturated carbocycles. The van der Waals surface area contributed by atoms with Crippen molar-refractivity contribution in [1.29, 1.82) is 0 Å². The molecule has 3 nitrogen and oxygen atoms in total. The lowest BCUT2D eigenvalue weighted by Gasteiger charge is -2.42. The minimum Gasteiger partial charge on any atom is -0.505 e. The Morgan fingerprint density at radius 3 is 2.95 bits per heavy atom. The van der Waals surface area contributed by atoms with E-state index in [-0.39, 0.29) is 17.5 Å². The van der Waals surface area contributed by atoms with E-state index in [1.165, 1.54) is 16.7 Å². The highest BCUT2D eigenvalue weighted by molar-refractivity contribution is 6.01. The van der Waals surface area contributed by atoms with Crippen molar-refractivity contribution in [3.05, 3.63) is 47.2 Å². The molecule has 1 aromatic carbocycles. The monoisotopic (exact) mass is 296 g/mol. The van der Waals surface area contributed by atoms with Crippen LogP contribution in [0.3, 0.4) is 0 Å². The van der Waals surface area contributed by atoms with Crippen LogP contribution in [-0.4, -0.2) is 18.0 Å². The Morgan fingerprint density at radius 1 is 1.36 bits per heavy atom. The lowest BCUT2D eigenvalue weighted by Crippen LogP contribution is -2.39. The van der Waals surface area contributed by atoms with Gasteiger partial charge in [-0.15, -0.1) is 0 Å². The summed E-state index contributed by atoms with van der Waals surface area (Å²) in [6.45, 7) is 2.00. The van der Waals surface area contributed by atoms with Crippen molar-refractivity contribution in [1.82, 2.24) is 0 Å². The van der Waals surface area contributed by atoms with Gasteiger partial charge in [-0.2, -0.15) is 0 Å². The van der Waals surface area contributed by atoms with Crippen LogP contribution in [0, 0.1) is 17.3 Å². The van der Waals surface area contributed by atoms with E-state index in [0.717, 1.165) is 18.6 Å². The first-order valence-corrected chi connectivity index (χ1v) is 7.87. The Kier molecular flexibility index (Phi) is 2.77. The van der Waals surface area contributed by atoms with Gasteiger partial charge in [-0.25, -0.2) is 0 Å². The molecule has 0 unspecified atom stereocenters. The number of carbonyl (C=O) groups is 1. The number of ketones is 1. The average Bonchev–Trinajstić information content (AvgIpc) is 2.77. The zero-order valence-corrected chi connectivity index (χ0v) is 12.9. The Morgan fingerprint density at radius 2 is 2.18 bits per heavy atom. The zero-order chi connectivity index (χ0) is 15.5. The normalized spacial score (nSPS) is 32.5. The third-order valence-electron chi connectivity index (χ3n) is 5.75. The van der Waals surface area contributed by atoms with E-state index >= 15 is 0 Å². The first kappa shape index (κ1) is 13.6. The maximum absolute atomic E-state index is 12.3. The van der Waals surface area contributed by atoms with Gasteiger partial charge in [-0.3, -0.25) is 4.79 Å². The van der Waals surface area contributed by atoms with Gasteiger partial charge < -0.3 is 9.84 Å². The van der Waals surface area contributed by atoms with Crippen molar-refractivity contribution in [2.45, 2.75) is 26.2 Å². The molecule has 0 saturated heterocycles. The molecule has 1 N–H and O–H groups in total. The topological polar surface area (TPSA) is 46.5 Å². The number of hydrogen-bond donors (Lipinski definition) is 1. The molecule has 3 aliphatic carbocycles. The van der Waals surface area contributed by atoms with Crippen LogP contribution in [0.25, 0.3) is 5.57 Å². The maximum Gasteiger partial charge on any atom is 0.203 e. The van der Waals surface area contributed by atoms with Gasteiger partial charge in [0.05, 0.1) is 7.11 Å². The molecular formula is C19H20O3. The fourth-order valence-corrected chi connectivity index (χ4v) is 4.47. The summed E-state index contributed by atoms with van der Waals surface area (Å²) in [6.07, 6.45) is 6.73. The lowest BCUT2D eigenvalue weighted by molar-refractivity contribution is -0.127. The number of ether oxygens (including phenoxy) is 1. The largest absolute Gasteiger partial charge is 0.505 e. The predicted molar refractivity (Wildman–Crippen MR) is 84.7 cm³/mol. The summed E-state index contributed by atoms with van der Waals surface area (Å²) in [5.41, 5.74) is 3.49. The number of aliphatic hydroxyl groups is 1. The van der Waals surface area contributed by atoms with Gasteiger partial charge in [-0.1, -0.05) is 19.1 Å². The Bertz CT molecular complexity index is 728. The van der Waals surface area contributed by atoms with Crippen LogP contribution in [0.5, 0.6) is 5.75 Å². The van der Waals surface area contributed by atoms with Crippen LogP contribution >= 0.6 is 0 Å². The Hall–Kier alpha value is -2.03. The molecule has 3 atom stereocenters. The van der Waals surface area contributed by atoms with Crippen LogP contribution < -0.4 is 4.74 Å². The highest BCUT2D eigenvalue weighted by Gasteiger charge is 2.52. The summed E-state index contributed by atoms with van der Waals surface area (Å²) in [4.78, 5) is 12.3. The van der Waals surface area contributed by atoms with Gasteiger partial charge in [0.25, 0.3) is 0 Å². The van der Waals surface area contributed by atoms with Gasteiger partial charge in [-0.05, 0) is 60.1 Å². The van der Waals surface area contributed by atoms with Crippen LogP contribution in [-0.2, 0) is 11.2 Å². The highest BCUT2D eigenvalue weighted by Crippen LogP contribution is 2.55. The van der Waals surface area contributed by atoms with E-state index in [0.29, 0.717) is 12.3 Å². The van der Waals surface area contributed by atoms with Crippen LogP contribution in [0.1, 0.15) is 30.9 Å². The van der Waals surface area contributed by atoms with Gasteiger partial charge in [0.1, 0.15) is 5.75 Å². The van der Waals surface area contributed by atoms with Gasteiger partial charge >= 0.3 is 0 Å². The smallest absolute Gasteiger partial charge is 0.203 e. The van der Waals surface area contributed by atoms with Crippen molar-refractivity contribution in [3.63, 3.8) is 0 Å². The van der Waals surface area contributed by atoms with Crippen molar-refractivity contribution >= 4 is 11.4 Å². The van der Waals surface area contributed by atoms with Gasteiger partial charge in [0.15, 0.2) is 5.76 Å². The minimum atomic E-state index is -0.456. The number of fused-ring (bicyclic) bond motifs is 5. The molecule has 0 spiro atoms. The van der Waals surface area contributed by atoms with E-state index in [9.17, 15) is 9.90 Å². The molecule has 0 aromatic heterocycles. The maximum atomic E-state index is 12.3. The summed E-state index contributed by atoms with van der Waals surface area (Å²) in [5, 5.41) is 9.92. The minimum absolute atomic E-state index is 0.0392. The number of allylic oxidation sites excluding steroid dienone is 4. The fourth-order valence-electron chi connectivity index (χ4n) is 4.47. The number of aryl methyl sites for hydroxylation is 1. The van der Waals surface area contributed by atoms with E-state index < -0.39 is 5.41 Å². The van der Waals surface area contributed by atoms with Crippen molar-refractivity contribution < 1.29 is 14.6 Å². The summed E-state index contributed by atoms with van der Waals surface area (Å²) in [7, 11) is 1.69. The molecular weight excluding hydrogens is 276 g/mol. The summed E-state index contributed by atoms with van der Waals surface area (Å²) < 4.78 is 5.32. The SMILES string of the molecule is COc1ccc2c(c1)CC[C@@H]1C2=CC[C@]2(C)C(=O)C(O)=C[C@H]12. The number of carbonyl (C=O) groups excluding carboxylic acids is 1. The first-order valence-electron chi connectivity index (χ1n) is 7.87. The second kappa shape index (κ2) is 4.48. The number of hydrogen-bond acceptors (Lipinski definition) is 3. The molecule has 1 aromatic rings. The van der Waals surface area contributed by atoms with Crippen LogP contribution in [0.2, 0.25) is 0 Å². The fraction of sp³-hybridized carbons (Fsp3) is 0.421. The molecule has 22 heavy (non-hydrogen) atoms. The summed E-state index contributed by atoms with van der Waals surface area (Å²) >= 11 is 0. The molecule has 0 bridgehead atoms. The number of Topliss-reactive ketones (excluding diaryl/α,β-unsaturated/α-hetero) is 1. The second-order valence-corrected chi connectivity index (χ2v) is 6.86. The summed E-state index contributed by atoms with van der Waals surface area (Å²) in [5.74, 6) is 1.21. The molecule has 3 aliphatic rings. The van der Waals surface area contributed by atoms with Gasteiger partial charge in [0, 0.05) is 11.3 Å². The average molecular weight is 296 g/mol. The molecule has 4 rings (SSSR count). The number of benzene rings is 1. The number of methoxy groups -OCH3 is 1. The molecule has 0 aliphatic heterocycles. The van der Waals surface area contributed by atoms with E-state index in [1.807, 2.05) is 13.0 Å². The molecule has 0 heterocycles. The first-order chi connectivity index (χ1) is 10.5. The molecule has 3 heteroatoms.